The van der Waals surface area contributed by atoms with Crippen molar-refractivity contribution in [1.82, 2.24) is 29.3 Å². The highest BCUT2D eigenvalue weighted by atomic mass is 16.6. The normalized spacial score (nSPS) is 22.5. The van der Waals surface area contributed by atoms with E-state index in [1.807, 2.05) is 0 Å². The molecule has 0 bridgehead atoms. The third kappa shape index (κ3) is 5.20. The Balaban J connectivity index is 1.80. The summed E-state index contributed by atoms with van der Waals surface area (Å²) in [4.78, 5) is 41.6. The summed E-state index contributed by atoms with van der Waals surface area (Å²) < 4.78 is 18.2. The lowest BCUT2D eigenvalue weighted by Gasteiger charge is -2.16. The summed E-state index contributed by atoms with van der Waals surface area (Å²) >= 11 is 0. The molecule has 3 aromatic rings. The van der Waals surface area contributed by atoms with Gasteiger partial charge in [-0.3, -0.25) is 9.36 Å². The lowest BCUT2D eigenvalue weighted by Crippen LogP contribution is -2.33. The van der Waals surface area contributed by atoms with Crippen molar-refractivity contribution in [3.8, 4) is 5.95 Å². The van der Waals surface area contributed by atoms with Gasteiger partial charge >= 0.3 is 11.9 Å². The van der Waals surface area contributed by atoms with Crippen LogP contribution in [0.1, 0.15) is 37.4 Å². The molecule has 5 atom stereocenters. The number of carbonyl (C=O) groups is 2. The topological polar surface area (TPSA) is 196 Å². The highest BCUT2D eigenvalue weighted by Crippen LogP contribution is 2.33. The first kappa shape index (κ1) is 26.3. The Morgan fingerprint density at radius 1 is 1.22 bits per heavy atom. The molecule has 1 aliphatic rings. The van der Waals surface area contributed by atoms with Gasteiger partial charge in [0.25, 0.3) is 5.95 Å². The van der Waals surface area contributed by atoms with Crippen LogP contribution in [-0.4, -0.2) is 101 Å². The fourth-order valence-corrected chi connectivity index (χ4v) is 3.65. The first-order valence-electron chi connectivity index (χ1n) is 11.6. The molecular weight excluding hydrogens is 490 g/mol. The second-order valence-corrected chi connectivity index (χ2v) is 8.11. The molecule has 1 saturated heterocycles. The van der Waals surface area contributed by atoms with Crippen molar-refractivity contribution in [2.75, 3.05) is 19.8 Å². The Hall–Kier alpha value is -3.79. The molecule has 0 aliphatic carbocycles. The van der Waals surface area contributed by atoms with Gasteiger partial charge in [0.15, 0.2) is 23.2 Å². The van der Waals surface area contributed by atoms with Crippen LogP contribution in [0.5, 0.6) is 0 Å². The zero-order chi connectivity index (χ0) is 26.7. The van der Waals surface area contributed by atoms with Crippen molar-refractivity contribution >= 4 is 35.1 Å². The van der Waals surface area contributed by atoms with Gasteiger partial charge in [0, 0.05) is 12.4 Å². The van der Waals surface area contributed by atoms with Gasteiger partial charge in [-0.05, 0) is 20.8 Å². The molecule has 15 heteroatoms. The molecule has 1 aliphatic heterocycles. The number of nitrogens with zero attached hydrogens (tertiary/aromatic N) is 7. The van der Waals surface area contributed by atoms with Crippen LogP contribution in [0.3, 0.4) is 0 Å². The smallest absolute Gasteiger partial charge is 0.341 e. The van der Waals surface area contributed by atoms with Crippen molar-refractivity contribution in [2.45, 2.75) is 45.3 Å². The van der Waals surface area contributed by atoms with Crippen LogP contribution in [0.25, 0.3) is 17.1 Å². The molecule has 4 heterocycles. The number of aliphatic hydroxyl groups is 3. The minimum absolute atomic E-state index is 0.00696. The summed E-state index contributed by atoms with van der Waals surface area (Å²) in [6.45, 7) is 4.88. The summed E-state index contributed by atoms with van der Waals surface area (Å²) in [5, 5.41) is 34.3. The van der Waals surface area contributed by atoms with E-state index in [1.165, 1.54) is 34.2 Å². The monoisotopic (exact) mass is 517 g/mol. The van der Waals surface area contributed by atoms with Gasteiger partial charge in [-0.15, -0.1) is 0 Å². The van der Waals surface area contributed by atoms with Crippen LogP contribution in [0.15, 0.2) is 23.7 Å². The summed E-state index contributed by atoms with van der Waals surface area (Å²) in [5.41, 5.74) is 0.527. The minimum atomic E-state index is -1.39. The number of hydrogen-bond acceptors (Lipinski definition) is 13. The number of ether oxygens (including phenoxy) is 3. The highest BCUT2D eigenvalue weighted by Gasteiger charge is 2.44. The molecule has 4 rings (SSSR count). The Kier molecular flexibility index (Phi) is 7.87. The van der Waals surface area contributed by atoms with E-state index in [0.29, 0.717) is 0 Å². The first-order chi connectivity index (χ1) is 17.8. The van der Waals surface area contributed by atoms with Crippen LogP contribution >= 0.6 is 0 Å². The van der Waals surface area contributed by atoms with Gasteiger partial charge in [-0.25, -0.2) is 19.5 Å². The lowest BCUT2D eigenvalue weighted by molar-refractivity contribution is -0.144. The molecule has 0 spiro atoms. The van der Waals surface area contributed by atoms with Gasteiger partial charge in [0.2, 0.25) is 0 Å². The van der Waals surface area contributed by atoms with Crippen LogP contribution in [0.2, 0.25) is 0 Å². The van der Waals surface area contributed by atoms with E-state index >= 15 is 0 Å². The molecule has 0 saturated carbocycles. The SMILES string of the molecule is CCOC(=O)c1cnn(-c2nc(N=CC(C)C(=O)OCC)c3ncn([C@@H]4O[C@H](CO)[C@@H](O)[C@H]4O)c3n2)c1. The summed E-state index contributed by atoms with van der Waals surface area (Å²) in [6.07, 6.45) is 0.482. The number of imidazole rings is 1. The number of aromatic nitrogens is 6. The minimum Gasteiger partial charge on any atom is -0.466 e. The predicted octanol–water partition coefficient (Wildman–Crippen LogP) is -0.298. The summed E-state index contributed by atoms with van der Waals surface area (Å²) in [5.74, 6) is -1.67. The van der Waals surface area contributed by atoms with Crippen LogP contribution in [0, 0.1) is 5.92 Å². The number of carbonyl (C=O) groups excluding carboxylic acids is 2. The van der Waals surface area contributed by atoms with Crippen molar-refractivity contribution in [3.63, 3.8) is 0 Å². The Bertz CT molecular complexity index is 1310. The van der Waals surface area contributed by atoms with E-state index in [0.717, 1.165) is 0 Å². The summed E-state index contributed by atoms with van der Waals surface area (Å²) in [7, 11) is 0. The van der Waals surface area contributed by atoms with Gasteiger partial charge in [0.1, 0.15) is 18.3 Å². The van der Waals surface area contributed by atoms with E-state index in [-0.39, 0.29) is 41.7 Å². The molecule has 1 fully saturated rings. The average molecular weight is 517 g/mol. The molecule has 3 aromatic heterocycles. The maximum atomic E-state index is 12.1. The maximum absolute atomic E-state index is 12.1. The second kappa shape index (κ2) is 11.1. The molecule has 1 unspecified atom stereocenters. The van der Waals surface area contributed by atoms with Crippen molar-refractivity contribution < 1.29 is 39.1 Å². The average Bonchev–Trinajstić information content (AvgIpc) is 3.61. The van der Waals surface area contributed by atoms with E-state index < -0.39 is 49.0 Å². The zero-order valence-electron chi connectivity index (χ0n) is 20.3. The van der Waals surface area contributed by atoms with Crippen LogP contribution in [-0.2, 0) is 19.0 Å². The molecule has 0 aromatic carbocycles. The molecular formula is C22H27N7O8. The number of aliphatic imine (C=N–C) groups is 1. The van der Waals surface area contributed by atoms with Gasteiger partial charge in [0.05, 0.1) is 43.8 Å². The van der Waals surface area contributed by atoms with Crippen molar-refractivity contribution in [3.05, 3.63) is 24.3 Å². The third-order valence-electron chi connectivity index (χ3n) is 5.56. The molecule has 0 amide bonds. The largest absolute Gasteiger partial charge is 0.466 e. The van der Waals surface area contributed by atoms with E-state index in [9.17, 15) is 24.9 Å². The molecule has 15 nitrogen and oxygen atoms in total. The van der Waals surface area contributed by atoms with E-state index in [4.69, 9.17) is 14.2 Å². The van der Waals surface area contributed by atoms with Gasteiger partial charge < -0.3 is 29.5 Å². The molecule has 37 heavy (non-hydrogen) atoms. The zero-order valence-corrected chi connectivity index (χ0v) is 20.3. The van der Waals surface area contributed by atoms with Crippen molar-refractivity contribution in [1.29, 1.82) is 0 Å². The quantitative estimate of drug-likeness (QED) is 0.248. The Labute approximate surface area is 210 Å². The molecule has 198 valence electrons. The number of esters is 2. The molecule has 0 radical (unpaired) electrons. The van der Waals surface area contributed by atoms with Gasteiger partial charge in [-0.1, -0.05) is 0 Å². The second-order valence-electron chi connectivity index (χ2n) is 8.11. The highest BCUT2D eigenvalue weighted by molar-refractivity contribution is 5.92. The van der Waals surface area contributed by atoms with Crippen molar-refractivity contribution in [2.24, 2.45) is 10.9 Å². The first-order valence-corrected chi connectivity index (χ1v) is 11.6. The van der Waals surface area contributed by atoms with E-state index in [1.54, 1.807) is 20.8 Å². The van der Waals surface area contributed by atoms with Crippen LogP contribution < -0.4 is 0 Å². The fourth-order valence-electron chi connectivity index (χ4n) is 3.65. The van der Waals surface area contributed by atoms with Gasteiger partial charge in [-0.2, -0.15) is 15.1 Å². The standard InChI is InChI=1S/C22H27N7O8/c1-4-35-20(33)11(3)6-23-17-14-18(28(10-24-14)19-16(32)15(31)13(9-30)37-19)27-22(26-17)29-8-12(7-25-29)21(34)36-5-2/h6-8,10-11,13,15-16,19,30-32H,4-5,9H2,1-3H3/t11?,13-,15-,16-,19-/m1/s1. The van der Waals surface area contributed by atoms with Crippen LogP contribution in [0.4, 0.5) is 5.82 Å². The number of fused-ring (bicyclic) bond motifs is 1. The maximum Gasteiger partial charge on any atom is 0.341 e. The fraction of sp³-hybridized carbons (Fsp3) is 0.500. The van der Waals surface area contributed by atoms with E-state index in [2.05, 4.69) is 25.0 Å². The third-order valence-corrected chi connectivity index (χ3v) is 5.56. The molecule has 3 N–H and O–H groups in total. The predicted molar refractivity (Wildman–Crippen MR) is 125 cm³/mol. The number of aliphatic hydroxyl groups excluding tert-OH is 3. The number of rotatable bonds is 9. The Morgan fingerprint density at radius 3 is 2.65 bits per heavy atom. The summed E-state index contributed by atoms with van der Waals surface area (Å²) in [6, 6.07) is 0. The number of hydrogen-bond donors (Lipinski definition) is 3. The lowest BCUT2D eigenvalue weighted by atomic mass is 10.1. The Morgan fingerprint density at radius 2 is 1.97 bits per heavy atom.